The fourth-order valence-electron chi connectivity index (χ4n) is 1.63. The molecule has 0 amide bonds. The third kappa shape index (κ3) is 1.58. The summed E-state index contributed by atoms with van der Waals surface area (Å²) in [6.45, 7) is 4.00. The molecule has 1 N–H and O–H groups in total. The molecular formula is C11H11NO3. The fourth-order valence-corrected chi connectivity index (χ4v) is 1.63. The highest BCUT2D eigenvalue weighted by molar-refractivity contribution is 5.80. The average Bonchev–Trinajstić information content (AvgIpc) is 2.16. The Hall–Kier alpha value is -1.84. The van der Waals surface area contributed by atoms with E-state index < -0.39 is 11.4 Å². The van der Waals surface area contributed by atoms with Crippen molar-refractivity contribution in [3.05, 3.63) is 44.7 Å². The van der Waals surface area contributed by atoms with Gasteiger partial charge in [-0.3, -0.25) is 4.98 Å². The number of rotatable bonds is 1. The Morgan fingerprint density at radius 3 is 2.67 bits per heavy atom. The highest BCUT2D eigenvalue weighted by Crippen LogP contribution is 2.20. The first-order valence-electron chi connectivity index (χ1n) is 4.75. The van der Waals surface area contributed by atoms with E-state index in [0.29, 0.717) is 10.9 Å². The van der Waals surface area contributed by atoms with E-state index in [9.17, 15) is 9.59 Å². The van der Waals surface area contributed by atoms with Gasteiger partial charge in [-0.05, 0) is 17.5 Å². The van der Waals surface area contributed by atoms with Crippen LogP contribution in [0.4, 0.5) is 0 Å². The topological polar surface area (TPSA) is 63.1 Å². The van der Waals surface area contributed by atoms with Crippen LogP contribution in [0.15, 0.2) is 32.2 Å². The van der Waals surface area contributed by atoms with Gasteiger partial charge in [-0.25, -0.2) is 9.59 Å². The second kappa shape index (κ2) is 3.38. The highest BCUT2D eigenvalue weighted by Gasteiger charge is 2.08. The number of fused-ring (bicyclic) bond motifs is 1. The predicted molar refractivity (Wildman–Crippen MR) is 57.2 cm³/mol. The summed E-state index contributed by atoms with van der Waals surface area (Å²) >= 11 is 0. The van der Waals surface area contributed by atoms with Crippen molar-refractivity contribution >= 4 is 10.9 Å². The fraction of sp³-hybridized carbons (Fsp3) is 0.273. The minimum absolute atomic E-state index is 0.242. The Morgan fingerprint density at radius 1 is 1.27 bits per heavy atom. The maximum Gasteiger partial charge on any atom is 0.419 e. The summed E-state index contributed by atoms with van der Waals surface area (Å²) in [6, 6.07) is 5.32. The molecule has 15 heavy (non-hydrogen) atoms. The van der Waals surface area contributed by atoms with Crippen LogP contribution in [0.25, 0.3) is 10.9 Å². The van der Waals surface area contributed by atoms with Gasteiger partial charge in [0.2, 0.25) is 0 Å². The van der Waals surface area contributed by atoms with Crippen molar-refractivity contribution in [1.82, 2.24) is 4.98 Å². The monoisotopic (exact) mass is 205 g/mol. The van der Waals surface area contributed by atoms with E-state index in [1.165, 1.54) is 0 Å². The summed E-state index contributed by atoms with van der Waals surface area (Å²) in [5, 5.41) is 0.417. The van der Waals surface area contributed by atoms with Crippen LogP contribution in [-0.4, -0.2) is 4.98 Å². The van der Waals surface area contributed by atoms with E-state index in [2.05, 4.69) is 9.40 Å². The minimum atomic E-state index is -0.708. The van der Waals surface area contributed by atoms with Crippen molar-refractivity contribution < 1.29 is 4.42 Å². The summed E-state index contributed by atoms with van der Waals surface area (Å²) in [7, 11) is 0. The smallest absolute Gasteiger partial charge is 0.372 e. The average molecular weight is 205 g/mol. The van der Waals surface area contributed by atoms with Gasteiger partial charge in [0.1, 0.15) is 0 Å². The molecule has 0 saturated carbocycles. The first-order chi connectivity index (χ1) is 7.09. The molecule has 78 valence electrons. The van der Waals surface area contributed by atoms with Crippen LogP contribution in [-0.2, 0) is 0 Å². The first-order valence-corrected chi connectivity index (χ1v) is 4.75. The summed E-state index contributed by atoms with van der Waals surface area (Å²) < 4.78 is 4.46. The van der Waals surface area contributed by atoms with Gasteiger partial charge in [0, 0.05) is 0 Å². The molecular weight excluding hydrogens is 194 g/mol. The van der Waals surface area contributed by atoms with Gasteiger partial charge in [0.05, 0.1) is 10.9 Å². The molecule has 4 nitrogen and oxygen atoms in total. The SMILES string of the molecule is CC(C)c1cccc2c(=O)oc(=O)[nH]c12. The van der Waals surface area contributed by atoms with Gasteiger partial charge < -0.3 is 4.42 Å². The minimum Gasteiger partial charge on any atom is -0.372 e. The Morgan fingerprint density at radius 2 is 2.00 bits per heavy atom. The van der Waals surface area contributed by atoms with Crippen LogP contribution in [0.2, 0.25) is 0 Å². The molecule has 2 rings (SSSR count). The maximum absolute atomic E-state index is 11.4. The third-order valence-corrected chi connectivity index (χ3v) is 2.35. The van der Waals surface area contributed by atoms with Crippen LogP contribution in [0.3, 0.4) is 0 Å². The molecule has 4 heteroatoms. The zero-order valence-electron chi connectivity index (χ0n) is 8.53. The van der Waals surface area contributed by atoms with E-state index in [-0.39, 0.29) is 5.92 Å². The van der Waals surface area contributed by atoms with E-state index in [4.69, 9.17) is 0 Å². The highest BCUT2D eigenvalue weighted by atomic mass is 16.4. The standard InChI is InChI=1S/C11H11NO3/c1-6(2)7-4-3-5-8-9(7)12-11(14)15-10(8)13/h3-6H,1-2H3,(H,12,14). The van der Waals surface area contributed by atoms with Crippen LogP contribution in [0.5, 0.6) is 0 Å². The quantitative estimate of drug-likeness (QED) is 0.769. The summed E-state index contributed by atoms with van der Waals surface area (Å²) in [4.78, 5) is 25.0. The molecule has 0 aliphatic heterocycles. The molecule has 1 heterocycles. The van der Waals surface area contributed by atoms with Gasteiger partial charge in [-0.15, -0.1) is 0 Å². The Bertz CT molecular complexity index is 607. The van der Waals surface area contributed by atoms with E-state index in [1.54, 1.807) is 12.1 Å². The van der Waals surface area contributed by atoms with Gasteiger partial charge in [-0.1, -0.05) is 26.0 Å². The number of para-hydroxylation sites is 1. The third-order valence-electron chi connectivity index (χ3n) is 2.35. The van der Waals surface area contributed by atoms with Crippen molar-refractivity contribution in [3.63, 3.8) is 0 Å². The number of aromatic nitrogens is 1. The number of benzene rings is 1. The second-order valence-electron chi connectivity index (χ2n) is 3.73. The van der Waals surface area contributed by atoms with Gasteiger partial charge in [-0.2, -0.15) is 0 Å². The number of H-pyrrole nitrogens is 1. The zero-order chi connectivity index (χ0) is 11.0. The molecule has 0 atom stereocenters. The predicted octanol–water partition coefficient (Wildman–Crippen LogP) is 1.60. The molecule has 0 fully saturated rings. The van der Waals surface area contributed by atoms with E-state index in [0.717, 1.165) is 5.56 Å². The number of nitrogens with one attached hydrogen (secondary N) is 1. The lowest BCUT2D eigenvalue weighted by Crippen LogP contribution is -2.15. The lowest BCUT2D eigenvalue weighted by molar-refractivity contribution is 0.459. The molecule has 1 aromatic heterocycles. The maximum atomic E-state index is 11.4. The van der Waals surface area contributed by atoms with E-state index >= 15 is 0 Å². The second-order valence-corrected chi connectivity index (χ2v) is 3.73. The van der Waals surface area contributed by atoms with Crippen molar-refractivity contribution in [3.8, 4) is 0 Å². The Labute approximate surface area is 85.6 Å². The normalized spacial score (nSPS) is 11.1. The Balaban J connectivity index is 2.98. The number of aromatic amines is 1. The van der Waals surface area contributed by atoms with Gasteiger partial charge in [0.15, 0.2) is 0 Å². The first kappa shape index (κ1) is 9.71. The molecule has 0 radical (unpaired) electrons. The van der Waals surface area contributed by atoms with Crippen molar-refractivity contribution in [2.75, 3.05) is 0 Å². The molecule has 0 saturated heterocycles. The number of hydrogen-bond acceptors (Lipinski definition) is 3. The molecule has 0 aliphatic rings. The van der Waals surface area contributed by atoms with Crippen molar-refractivity contribution in [1.29, 1.82) is 0 Å². The summed E-state index contributed by atoms with van der Waals surface area (Å²) in [6.07, 6.45) is 0. The van der Waals surface area contributed by atoms with Crippen LogP contribution in [0.1, 0.15) is 25.3 Å². The summed E-state index contributed by atoms with van der Waals surface area (Å²) in [5.74, 6) is -0.466. The van der Waals surface area contributed by atoms with Crippen LogP contribution < -0.4 is 11.4 Å². The Kier molecular flexibility index (Phi) is 2.19. The molecule has 1 aromatic carbocycles. The molecule has 0 unspecified atom stereocenters. The molecule has 0 spiro atoms. The van der Waals surface area contributed by atoms with E-state index in [1.807, 2.05) is 19.9 Å². The zero-order valence-corrected chi connectivity index (χ0v) is 8.53. The van der Waals surface area contributed by atoms with Crippen LogP contribution >= 0.6 is 0 Å². The number of hydrogen-bond donors (Lipinski definition) is 1. The van der Waals surface area contributed by atoms with Crippen molar-refractivity contribution in [2.45, 2.75) is 19.8 Å². The molecule has 0 aliphatic carbocycles. The lowest BCUT2D eigenvalue weighted by Gasteiger charge is -2.07. The van der Waals surface area contributed by atoms with Gasteiger partial charge in [0.25, 0.3) is 0 Å². The summed E-state index contributed by atoms with van der Waals surface area (Å²) in [5.41, 5.74) is 0.933. The van der Waals surface area contributed by atoms with Crippen molar-refractivity contribution in [2.24, 2.45) is 0 Å². The largest absolute Gasteiger partial charge is 0.419 e. The molecule has 0 bridgehead atoms. The molecule has 2 aromatic rings. The van der Waals surface area contributed by atoms with Crippen LogP contribution in [0, 0.1) is 0 Å². The van der Waals surface area contributed by atoms with Gasteiger partial charge >= 0.3 is 11.4 Å². The lowest BCUT2D eigenvalue weighted by atomic mass is 10.0.